The normalized spacial score (nSPS) is 26.8. The van der Waals surface area contributed by atoms with E-state index in [0.29, 0.717) is 12.1 Å². The lowest BCUT2D eigenvalue weighted by Gasteiger charge is -2.39. The van der Waals surface area contributed by atoms with Gasteiger partial charge in [-0.05, 0) is 69.2 Å². The van der Waals surface area contributed by atoms with E-state index < -0.39 is 0 Å². The number of fused-ring (bicyclic) bond motifs is 1. The fourth-order valence-corrected chi connectivity index (χ4v) is 4.03. The van der Waals surface area contributed by atoms with Gasteiger partial charge in [0.2, 0.25) is 0 Å². The van der Waals surface area contributed by atoms with Gasteiger partial charge in [-0.15, -0.1) is 0 Å². The summed E-state index contributed by atoms with van der Waals surface area (Å²) in [6, 6.07) is 10.1. The molecule has 2 N–H and O–H groups in total. The van der Waals surface area contributed by atoms with Crippen molar-refractivity contribution in [3.63, 3.8) is 0 Å². The fourth-order valence-electron chi connectivity index (χ4n) is 4.03. The molecule has 1 heterocycles. The highest BCUT2D eigenvalue weighted by Crippen LogP contribution is 2.35. The molecule has 0 radical (unpaired) electrons. The lowest BCUT2D eigenvalue weighted by atomic mass is 9.88. The van der Waals surface area contributed by atoms with Gasteiger partial charge in [0.05, 0.1) is 0 Å². The second-order valence-electron chi connectivity index (χ2n) is 6.69. The molecule has 2 atom stereocenters. The number of rotatable bonds is 2. The number of aryl methyl sites for hydroxylation is 1. The zero-order chi connectivity index (χ0) is 13.9. The smallest absolute Gasteiger partial charge is 0.0350 e. The number of hydrogen-bond acceptors (Lipinski definition) is 2. The van der Waals surface area contributed by atoms with Gasteiger partial charge in [-0.25, -0.2) is 0 Å². The highest BCUT2D eigenvalue weighted by Gasteiger charge is 2.29. The molecule has 1 aliphatic carbocycles. The molecule has 1 aliphatic heterocycles. The molecular weight excluding hydrogens is 244 g/mol. The Kier molecular flexibility index (Phi) is 4.42. The Morgan fingerprint density at radius 3 is 2.60 bits per heavy atom. The van der Waals surface area contributed by atoms with Crippen molar-refractivity contribution in [1.82, 2.24) is 4.90 Å². The van der Waals surface area contributed by atoms with E-state index in [-0.39, 0.29) is 0 Å². The van der Waals surface area contributed by atoms with Crippen LogP contribution in [0.3, 0.4) is 0 Å². The van der Waals surface area contributed by atoms with Gasteiger partial charge in [-0.1, -0.05) is 30.7 Å². The number of benzene rings is 1. The molecule has 2 nitrogen and oxygen atoms in total. The zero-order valence-corrected chi connectivity index (χ0v) is 12.7. The third-order valence-electron chi connectivity index (χ3n) is 5.35. The van der Waals surface area contributed by atoms with Crippen LogP contribution in [0.1, 0.15) is 56.2 Å². The fraction of sp³-hybridized carbons (Fsp3) is 0.667. The summed E-state index contributed by atoms with van der Waals surface area (Å²) in [4.78, 5) is 2.73. The monoisotopic (exact) mass is 272 g/mol. The van der Waals surface area contributed by atoms with Crippen molar-refractivity contribution in [2.24, 2.45) is 11.7 Å². The van der Waals surface area contributed by atoms with Gasteiger partial charge in [0, 0.05) is 12.1 Å². The van der Waals surface area contributed by atoms with E-state index >= 15 is 0 Å². The van der Waals surface area contributed by atoms with Crippen LogP contribution < -0.4 is 5.73 Å². The van der Waals surface area contributed by atoms with Crippen molar-refractivity contribution in [3.05, 3.63) is 35.4 Å². The van der Waals surface area contributed by atoms with Crippen molar-refractivity contribution >= 4 is 0 Å². The molecule has 0 saturated carbocycles. The van der Waals surface area contributed by atoms with E-state index in [9.17, 15) is 0 Å². The topological polar surface area (TPSA) is 29.3 Å². The van der Waals surface area contributed by atoms with Crippen LogP contribution in [-0.4, -0.2) is 24.0 Å². The average Bonchev–Trinajstić information content (AvgIpc) is 2.69. The second kappa shape index (κ2) is 6.28. The summed E-state index contributed by atoms with van der Waals surface area (Å²) in [6.07, 6.45) is 7.87. The molecule has 1 saturated heterocycles. The summed E-state index contributed by atoms with van der Waals surface area (Å²) >= 11 is 0. The zero-order valence-electron chi connectivity index (χ0n) is 12.7. The van der Waals surface area contributed by atoms with Crippen LogP contribution in [0.5, 0.6) is 0 Å². The van der Waals surface area contributed by atoms with Crippen LogP contribution in [-0.2, 0) is 6.42 Å². The number of nitrogens with zero attached hydrogens (tertiary/aromatic N) is 1. The summed E-state index contributed by atoms with van der Waals surface area (Å²) in [6.45, 7) is 4.62. The predicted molar refractivity (Wildman–Crippen MR) is 84.7 cm³/mol. The molecule has 3 rings (SSSR count). The van der Waals surface area contributed by atoms with Crippen molar-refractivity contribution in [3.8, 4) is 0 Å². The number of nitrogens with two attached hydrogens (primary N) is 1. The lowest BCUT2D eigenvalue weighted by Crippen LogP contribution is -2.41. The molecule has 2 aliphatic rings. The standard InChI is InChI=1S/C18H28N2/c1-14(19)15-10-12-20(13-11-15)18-9-5-3-7-16-6-2-4-8-17(16)18/h2,4,6,8,14-15,18H,3,5,7,9-13,19H2,1H3. The largest absolute Gasteiger partial charge is 0.328 e. The molecule has 0 spiro atoms. The molecule has 1 fully saturated rings. The number of hydrogen-bond donors (Lipinski definition) is 1. The van der Waals surface area contributed by atoms with Crippen molar-refractivity contribution in [2.45, 2.75) is 57.5 Å². The van der Waals surface area contributed by atoms with Crippen molar-refractivity contribution in [2.75, 3.05) is 13.1 Å². The second-order valence-corrected chi connectivity index (χ2v) is 6.69. The number of likely N-dealkylation sites (tertiary alicyclic amines) is 1. The quantitative estimate of drug-likeness (QED) is 0.835. The van der Waals surface area contributed by atoms with E-state index in [4.69, 9.17) is 5.73 Å². The maximum Gasteiger partial charge on any atom is 0.0350 e. The Morgan fingerprint density at radius 1 is 1.10 bits per heavy atom. The molecule has 2 unspecified atom stereocenters. The minimum atomic E-state index is 0.360. The van der Waals surface area contributed by atoms with E-state index in [1.165, 1.54) is 51.6 Å². The van der Waals surface area contributed by atoms with Crippen LogP contribution >= 0.6 is 0 Å². The van der Waals surface area contributed by atoms with Crippen molar-refractivity contribution in [1.29, 1.82) is 0 Å². The molecule has 1 aromatic carbocycles. The minimum absolute atomic E-state index is 0.360. The third kappa shape index (κ3) is 2.91. The van der Waals surface area contributed by atoms with Crippen LogP contribution in [0, 0.1) is 5.92 Å². The van der Waals surface area contributed by atoms with E-state index in [0.717, 1.165) is 5.92 Å². The Bertz CT molecular complexity index is 433. The maximum atomic E-state index is 6.07. The molecule has 0 bridgehead atoms. The van der Waals surface area contributed by atoms with Gasteiger partial charge >= 0.3 is 0 Å². The molecule has 2 heteroatoms. The summed E-state index contributed by atoms with van der Waals surface area (Å²) in [5.41, 5.74) is 9.26. The Balaban J connectivity index is 1.74. The molecular formula is C18H28N2. The molecule has 0 aromatic heterocycles. The first-order valence-corrected chi connectivity index (χ1v) is 8.33. The van der Waals surface area contributed by atoms with Crippen LogP contribution in [0.4, 0.5) is 0 Å². The first-order valence-electron chi connectivity index (χ1n) is 8.33. The summed E-state index contributed by atoms with van der Waals surface area (Å²) in [5, 5.41) is 0. The summed E-state index contributed by atoms with van der Waals surface area (Å²) in [7, 11) is 0. The first kappa shape index (κ1) is 14.1. The third-order valence-corrected chi connectivity index (χ3v) is 5.35. The number of piperidine rings is 1. The van der Waals surface area contributed by atoms with Gasteiger partial charge in [-0.3, -0.25) is 4.90 Å². The van der Waals surface area contributed by atoms with Gasteiger partial charge in [0.25, 0.3) is 0 Å². The average molecular weight is 272 g/mol. The Hall–Kier alpha value is -0.860. The first-order chi connectivity index (χ1) is 9.75. The molecule has 110 valence electrons. The van der Waals surface area contributed by atoms with Gasteiger partial charge < -0.3 is 5.73 Å². The molecule has 1 aromatic rings. The highest BCUT2D eigenvalue weighted by molar-refractivity contribution is 5.31. The maximum absolute atomic E-state index is 6.07. The van der Waals surface area contributed by atoms with E-state index in [2.05, 4.69) is 36.1 Å². The van der Waals surface area contributed by atoms with Crippen LogP contribution in [0.15, 0.2) is 24.3 Å². The summed E-state index contributed by atoms with van der Waals surface area (Å²) in [5.74, 6) is 0.729. The molecule has 0 amide bonds. The lowest BCUT2D eigenvalue weighted by molar-refractivity contribution is 0.118. The van der Waals surface area contributed by atoms with Gasteiger partial charge in [-0.2, -0.15) is 0 Å². The van der Waals surface area contributed by atoms with Crippen LogP contribution in [0.2, 0.25) is 0 Å². The Labute approximate surface area is 123 Å². The van der Waals surface area contributed by atoms with Crippen LogP contribution in [0.25, 0.3) is 0 Å². The highest BCUT2D eigenvalue weighted by atomic mass is 15.2. The molecule has 20 heavy (non-hydrogen) atoms. The minimum Gasteiger partial charge on any atom is -0.328 e. The van der Waals surface area contributed by atoms with Gasteiger partial charge in [0.1, 0.15) is 0 Å². The SMILES string of the molecule is CC(N)C1CCN(C2CCCCc3ccccc32)CC1. The van der Waals surface area contributed by atoms with E-state index in [1.807, 2.05) is 0 Å². The summed E-state index contributed by atoms with van der Waals surface area (Å²) < 4.78 is 0. The van der Waals surface area contributed by atoms with Crippen molar-refractivity contribution < 1.29 is 0 Å². The predicted octanol–water partition coefficient (Wildman–Crippen LogP) is 3.51. The Morgan fingerprint density at radius 2 is 1.85 bits per heavy atom. The van der Waals surface area contributed by atoms with E-state index in [1.54, 1.807) is 11.1 Å². The van der Waals surface area contributed by atoms with Gasteiger partial charge in [0.15, 0.2) is 0 Å².